The van der Waals surface area contributed by atoms with Crippen LogP contribution in [0.5, 0.6) is 0 Å². The standard InChI is InChI=1S/C17H23N3O2S/c1-12-8-9-16(13(2)10-12)19-23(21,22)17-11-20(18-14(17)3)15-6-4-5-7-15/h8-11,15,19H,4-7H2,1-3H3. The highest BCUT2D eigenvalue weighted by Gasteiger charge is 2.25. The maximum Gasteiger partial charge on any atom is 0.265 e. The summed E-state index contributed by atoms with van der Waals surface area (Å²) in [5, 5.41) is 4.43. The van der Waals surface area contributed by atoms with Crippen molar-refractivity contribution in [2.45, 2.75) is 57.4 Å². The highest BCUT2D eigenvalue weighted by atomic mass is 32.2. The van der Waals surface area contributed by atoms with Gasteiger partial charge in [-0.3, -0.25) is 9.40 Å². The minimum Gasteiger partial charge on any atom is -0.279 e. The average Bonchev–Trinajstić information content (AvgIpc) is 3.11. The van der Waals surface area contributed by atoms with Gasteiger partial charge >= 0.3 is 0 Å². The van der Waals surface area contributed by atoms with Crippen molar-refractivity contribution < 1.29 is 8.42 Å². The first-order valence-electron chi connectivity index (χ1n) is 8.02. The van der Waals surface area contributed by atoms with Crippen molar-refractivity contribution >= 4 is 15.7 Å². The Balaban J connectivity index is 1.90. The fourth-order valence-electron chi connectivity index (χ4n) is 3.21. The van der Waals surface area contributed by atoms with Gasteiger partial charge in [-0.2, -0.15) is 5.10 Å². The van der Waals surface area contributed by atoms with E-state index in [4.69, 9.17) is 0 Å². The molecule has 0 unspecified atom stereocenters. The zero-order valence-corrected chi connectivity index (χ0v) is 14.7. The summed E-state index contributed by atoms with van der Waals surface area (Å²) in [4.78, 5) is 0.268. The van der Waals surface area contributed by atoms with Crippen molar-refractivity contribution in [2.24, 2.45) is 0 Å². The van der Waals surface area contributed by atoms with Gasteiger partial charge in [-0.05, 0) is 45.2 Å². The summed E-state index contributed by atoms with van der Waals surface area (Å²) in [5.41, 5.74) is 3.18. The molecule has 124 valence electrons. The third kappa shape index (κ3) is 3.27. The number of aryl methyl sites for hydroxylation is 3. The number of sulfonamides is 1. The lowest BCUT2D eigenvalue weighted by molar-refractivity contribution is 0.464. The molecule has 1 aliphatic rings. The highest BCUT2D eigenvalue weighted by molar-refractivity contribution is 7.92. The van der Waals surface area contributed by atoms with E-state index in [2.05, 4.69) is 9.82 Å². The van der Waals surface area contributed by atoms with Crippen LogP contribution in [0.3, 0.4) is 0 Å². The Kier molecular flexibility index (Phi) is 4.19. The lowest BCUT2D eigenvalue weighted by Gasteiger charge is -2.11. The summed E-state index contributed by atoms with van der Waals surface area (Å²) in [6.45, 7) is 5.64. The molecule has 1 aromatic heterocycles. The van der Waals surface area contributed by atoms with Crippen LogP contribution in [0.2, 0.25) is 0 Å². The van der Waals surface area contributed by atoms with Crippen molar-refractivity contribution in [3.63, 3.8) is 0 Å². The van der Waals surface area contributed by atoms with Crippen LogP contribution in [0.25, 0.3) is 0 Å². The molecule has 5 nitrogen and oxygen atoms in total. The molecule has 1 aromatic carbocycles. The predicted octanol–water partition coefficient (Wildman–Crippen LogP) is 3.72. The number of rotatable bonds is 4. The smallest absolute Gasteiger partial charge is 0.265 e. The van der Waals surface area contributed by atoms with Gasteiger partial charge in [-0.15, -0.1) is 0 Å². The first kappa shape index (κ1) is 16.1. The van der Waals surface area contributed by atoms with Crippen molar-refractivity contribution in [3.8, 4) is 0 Å². The third-order valence-electron chi connectivity index (χ3n) is 4.49. The highest BCUT2D eigenvalue weighted by Crippen LogP contribution is 2.30. The summed E-state index contributed by atoms with van der Waals surface area (Å²) >= 11 is 0. The van der Waals surface area contributed by atoms with Crippen molar-refractivity contribution in [1.29, 1.82) is 0 Å². The van der Waals surface area contributed by atoms with E-state index in [0.717, 1.165) is 24.0 Å². The average molecular weight is 333 g/mol. The molecule has 0 atom stereocenters. The van der Waals surface area contributed by atoms with E-state index in [0.29, 0.717) is 17.4 Å². The fourth-order valence-corrected chi connectivity index (χ4v) is 4.52. The van der Waals surface area contributed by atoms with Crippen molar-refractivity contribution in [3.05, 3.63) is 41.2 Å². The minimum atomic E-state index is -3.62. The number of anilines is 1. The molecule has 0 spiro atoms. The second-order valence-corrected chi connectivity index (χ2v) is 8.07. The van der Waals surface area contributed by atoms with Gasteiger partial charge in [-0.1, -0.05) is 30.5 Å². The molecule has 0 saturated heterocycles. The van der Waals surface area contributed by atoms with Gasteiger partial charge in [-0.25, -0.2) is 8.42 Å². The molecular formula is C17H23N3O2S. The zero-order chi connectivity index (χ0) is 16.6. The van der Waals surface area contributed by atoms with Crippen LogP contribution >= 0.6 is 0 Å². The molecular weight excluding hydrogens is 310 g/mol. The molecule has 2 aromatic rings. The van der Waals surface area contributed by atoms with Gasteiger partial charge < -0.3 is 0 Å². The van der Waals surface area contributed by atoms with Crippen LogP contribution in [0.4, 0.5) is 5.69 Å². The van der Waals surface area contributed by atoms with E-state index in [9.17, 15) is 8.42 Å². The molecule has 0 amide bonds. The van der Waals surface area contributed by atoms with Crippen LogP contribution in [-0.4, -0.2) is 18.2 Å². The summed E-state index contributed by atoms with van der Waals surface area (Å²) in [7, 11) is -3.62. The molecule has 0 radical (unpaired) electrons. The second-order valence-electron chi connectivity index (χ2n) is 6.42. The van der Waals surface area contributed by atoms with Gasteiger partial charge in [0.15, 0.2) is 0 Å². The largest absolute Gasteiger partial charge is 0.279 e. The number of benzene rings is 1. The fraction of sp³-hybridized carbons (Fsp3) is 0.471. The second kappa shape index (κ2) is 6.00. The first-order chi connectivity index (χ1) is 10.9. The lowest BCUT2D eigenvalue weighted by Crippen LogP contribution is -2.14. The topological polar surface area (TPSA) is 64.0 Å². The Bertz CT molecular complexity index is 818. The molecule has 1 fully saturated rings. The van der Waals surface area contributed by atoms with E-state index < -0.39 is 10.0 Å². The molecule has 6 heteroatoms. The first-order valence-corrected chi connectivity index (χ1v) is 9.51. The number of nitrogens with zero attached hydrogens (tertiary/aromatic N) is 2. The summed E-state index contributed by atoms with van der Waals surface area (Å²) in [6.07, 6.45) is 6.20. The van der Waals surface area contributed by atoms with E-state index in [1.165, 1.54) is 12.8 Å². The maximum atomic E-state index is 12.7. The van der Waals surface area contributed by atoms with Gasteiger partial charge in [0, 0.05) is 6.20 Å². The molecule has 1 aliphatic carbocycles. The van der Waals surface area contributed by atoms with Gasteiger partial charge in [0.2, 0.25) is 0 Å². The van der Waals surface area contributed by atoms with Crippen LogP contribution in [0.1, 0.15) is 48.5 Å². The third-order valence-corrected chi connectivity index (χ3v) is 5.95. The molecule has 1 heterocycles. The monoisotopic (exact) mass is 333 g/mol. The van der Waals surface area contributed by atoms with E-state index >= 15 is 0 Å². The zero-order valence-electron chi connectivity index (χ0n) is 13.8. The number of hydrogen-bond donors (Lipinski definition) is 1. The van der Waals surface area contributed by atoms with Crippen molar-refractivity contribution in [2.75, 3.05) is 4.72 Å². The van der Waals surface area contributed by atoms with Gasteiger partial charge in [0.05, 0.1) is 17.4 Å². The minimum absolute atomic E-state index is 0.268. The SMILES string of the molecule is Cc1ccc(NS(=O)(=O)c2cn(C3CCCC3)nc2C)c(C)c1. The molecule has 23 heavy (non-hydrogen) atoms. The number of aromatic nitrogens is 2. The van der Waals surface area contributed by atoms with Gasteiger partial charge in [0.1, 0.15) is 4.90 Å². The van der Waals surface area contributed by atoms with Crippen LogP contribution in [-0.2, 0) is 10.0 Å². The quantitative estimate of drug-likeness (QED) is 0.927. The van der Waals surface area contributed by atoms with Crippen molar-refractivity contribution in [1.82, 2.24) is 9.78 Å². The molecule has 0 aliphatic heterocycles. The van der Waals surface area contributed by atoms with Crippen LogP contribution in [0, 0.1) is 20.8 Å². The summed E-state index contributed by atoms with van der Waals surface area (Å²) in [5.74, 6) is 0. The molecule has 0 bridgehead atoms. The molecule has 3 rings (SSSR count). The number of hydrogen-bond acceptors (Lipinski definition) is 3. The summed E-state index contributed by atoms with van der Waals surface area (Å²) < 4.78 is 30.0. The maximum absolute atomic E-state index is 12.7. The van der Waals surface area contributed by atoms with Gasteiger partial charge in [0.25, 0.3) is 10.0 Å². The Morgan fingerprint density at radius 1 is 1.17 bits per heavy atom. The predicted molar refractivity (Wildman–Crippen MR) is 91.2 cm³/mol. The van der Waals surface area contributed by atoms with E-state index in [1.54, 1.807) is 19.2 Å². The Morgan fingerprint density at radius 2 is 1.87 bits per heavy atom. The van der Waals surface area contributed by atoms with E-state index in [-0.39, 0.29) is 4.90 Å². The molecule has 1 N–H and O–H groups in total. The molecule has 1 saturated carbocycles. The van der Waals surface area contributed by atoms with Crippen LogP contribution < -0.4 is 4.72 Å². The summed E-state index contributed by atoms with van der Waals surface area (Å²) in [6, 6.07) is 6.00. The number of nitrogens with one attached hydrogen (secondary N) is 1. The van der Waals surface area contributed by atoms with E-state index in [1.807, 2.05) is 30.7 Å². The van der Waals surface area contributed by atoms with Crippen LogP contribution in [0.15, 0.2) is 29.3 Å². The Hall–Kier alpha value is -1.82. The normalized spacial score (nSPS) is 16.0. The Labute approximate surface area is 137 Å². The Morgan fingerprint density at radius 3 is 2.52 bits per heavy atom. The lowest BCUT2D eigenvalue weighted by atomic mass is 10.1.